The first-order valence-corrected chi connectivity index (χ1v) is 11.7. The number of nitriles is 1. The van der Waals surface area contributed by atoms with E-state index in [0.717, 1.165) is 51.9 Å². The third-order valence-corrected chi connectivity index (χ3v) is 6.86. The predicted octanol–water partition coefficient (Wildman–Crippen LogP) is 3.74. The maximum Gasteiger partial charge on any atom is 0.257 e. The highest BCUT2D eigenvalue weighted by Crippen LogP contribution is 2.29. The first-order valence-electron chi connectivity index (χ1n) is 11.7. The van der Waals surface area contributed by atoms with Crippen molar-refractivity contribution >= 4 is 11.0 Å². The molecular formula is C28H24N4O3. The van der Waals surface area contributed by atoms with E-state index in [2.05, 4.69) is 22.0 Å². The maximum atomic E-state index is 13.9. The Morgan fingerprint density at radius 3 is 2.86 bits per heavy atom. The van der Waals surface area contributed by atoms with Crippen LogP contribution >= 0.6 is 0 Å². The van der Waals surface area contributed by atoms with Gasteiger partial charge in [-0.25, -0.2) is 4.98 Å². The average Bonchev–Trinajstić information content (AvgIpc) is 2.91. The van der Waals surface area contributed by atoms with Crippen molar-refractivity contribution < 1.29 is 9.47 Å². The molecule has 2 aromatic heterocycles. The first kappa shape index (κ1) is 21.5. The van der Waals surface area contributed by atoms with Crippen molar-refractivity contribution in [1.82, 2.24) is 14.5 Å². The van der Waals surface area contributed by atoms with Gasteiger partial charge in [-0.2, -0.15) is 5.26 Å². The monoisotopic (exact) mass is 464 g/mol. The molecule has 2 aromatic carbocycles. The summed E-state index contributed by atoms with van der Waals surface area (Å²) in [5.41, 5.74) is 6.33. The van der Waals surface area contributed by atoms with Crippen LogP contribution in [0.4, 0.5) is 0 Å². The van der Waals surface area contributed by atoms with Gasteiger partial charge in [0.05, 0.1) is 24.8 Å². The van der Waals surface area contributed by atoms with Gasteiger partial charge in [0.1, 0.15) is 11.4 Å². The van der Waals surface area contributed by atoms with Crippen LogP contribution in [-0.2, 0) is 37.4 Å². The fourth-order valence-electron chi connectivity index (χ4n) is 5.18. The Balaban J connectivity index is 1.40. The first-order chi connectivity index (χ1) is 17.2. The van der Waals surface area contributed by atoms with E-state index in [1.165, 1.54) is 0 Å². The number of rotatable bonds is 4. The summed E-state index contributed by atoms with van der Waals surface area (Å²) in [6.45, 7) is 3.21. The lowest BCUT2D eigenvalue weighted by atomic mass is 9.96. The van der Waals surface area contributed by atoms with Crippen LogP contribution in [0.15, 0.2) is 65.6 Å². The normalized spacial score (nSPS) is 15.2. The maximum absolute atomic E-state index is 13.9. The van der Waals surface area contributed by atoms with Gasteiger partial charge in [0.2, 0.25) is 0 Å². The molecule has 4 heterocycles. The molecule has 7 heteroatoms. The highest BCUT2D eigenvalue weighted by atomic mass is 16.7. The summed E-state index contributed by atoms with van der Waals surface area (Å²) in [5.74, 6) is 0.808. The van der Waals surface area contributed by atoms with Gasteiger partial charge in [0.15, 0.2) is 6.79 Å². The van der Waals surface area contributed by atoms with Crippen LogP contribution in [0, 0.1) is 11.3 Å². The molecule has 0 saturated heterocycles. The van der Waals surface area contributed by atoms with Crippen LogP contribution in [0.25, 0.3) is 11.0 Å². The molecule has 0 N–H and O–H groups in total. The molecule has 2 aliphatic heterocycles. The van der Waals surface area contributed by atoms with E-state index in [9.17, 15) is 10.1 Å². The summed E-state index contributed by atoms with van der Waals surface area (Å²) in [6.07, 6.45) is 2.53. The molecule has 0 unspecified atom stereocenters. The minimum atomic E-state index is -0.00285. The Hall–Kier alpha value is -3.99. The average molecular weight is 465 g/mol. The molecule has 0 bridgehead atoms. The molecule has 35 heavy (non-hydrogen) atoms. The number of pyridine rings is 2. The number of hydrogen-bond donors (Lipinski definition) is 0. The molecule has 0 radical (unpaired) electrons. The Morgan fingerprint density at radius 1 is 1.03 bits per heavy atom. The van der Waals surface area contributed by atoms with Crippen molar-refractivity contribution in [1.29, 1.82) is 5.26 Å². The lowest BCUT2D eigenvalue weighted by molar-refractivity contribution is -0.0168. The molecule has 0 spiro atoms. The molecule has 4 aromatic rings. The van der Waals surface area contributed by atoms with E-state index in [0.29, 0.717) is 37.5 Å². The fraction of sp³-hybridized carbons (Fsp3) is 0.250. The van der Waals surface area contributed by atoms with E-state index in [4.69, 9.17) is 9.47 Å². The van der Waals surface area contributed by atoms with Gasteiger partial charge < -0.3 is 9.47 Å². The van der Waals surface area contributed by atoms with Gasteiger partial charge in [-0.3, -0.25) is 14.3 Å². The summed E-state index contributed by atoms with van der Waals surface area (Å²) in [4.78, 5) is 20.8. The van der Waals surface area contributed by atoms with Gasteiger partial charge >= 0.3 is 0 Å². The molecule has 2 aliphatic rings. The van der Waals surface area contributed by atoms with Crippen LogP contribution in [-0.4, -0.2) is 27.8 Å². The lowest BCUT2D eigenvalue weighted by Crippen LogP contribution is -2.37. The number of aromatic nitrogens is 2. The van der Waals surface area contributed by atoms with Crippen molar-refractivity contribution in [3.63, 3.8) is 0 Å². The molecule has 0 amide bonds. The van der Waals surface area contributed by atoms with Crippen LogP contribution < -0.4 is 10.3 Å². The molecule has 0 atom stereocenters. The highest BCUT2D eigenvalue weighted by molar-refractivity contribution is 5.80. The molecule has 174 valence electrons. The molecule has 0 aliphatic carbocycles. The smallest absolute Gasteiger partial charge is 0.257 e. The van der Waals surface area contributed by atoms with E-state index < -0.39 is 0 Å². The third kappa shape index (κ3) is 3.97. The number of hydrogen-bond acceptors (Lipinski definition) is 6. The number of ether oxygens (including phenoxy) is 2. The highest BCUT2D eigenvalue weighted by Gasteiger charge is 2.25. The zero-order valence-corrected chi connectivity index (χ0v) is 19.2. The van der Waals surface area contributed by atoms with E-state index in [1.807, 2.05) is 48.5 Å². The largest absolute Gasteiger partial charge is 0.467 e. The zero-order chi connectivity index (χ0) is 23.8. The predicted molar refractivity (Wildman–Crippen MR) is 131 cm³/mol. The second kappa shape index (κ2) is 8.99. The van der Waals surface area contributed by atoms with Gasteiger partial charge in [0, 0.05) is 42.3 Å². The van der Waals surface area contributed by atoms with Crippen LogP contribution in [0.1, 0.15) is 33.4 Å². The van der Waals surface area contributed by atoms with Gasteiger partial charge in [-0.05, 0) is 53.4 Å². The van der Waals surface area contributed by atoms with Gasteiger partial charge in [-0.1, -0.05) is 24.3 Å². The summed E-state index contributed by atoms with van der Waals surface area (Å²) in [6, 6.07) is 19.8. The Labute approximate surface area is 202 Å². The number of benzene rings is 2. The number of fused-ring (bicyclic) bond motifs is 4. The minimum absolute atomic E-state index is 0.00285. The van der Waals surface area contributed by atoms with E-state index in [1.54, 1.807) is 10.8 Å². The van der Waals surface area contributed by atoms with Crippen LogP contribution in [0.5, 0.6) is 5.75 Å². The quantitative estimate of drug-likeness (QED) is 0.458. The standard InChI is InChI=1S/C28H24N4O3/c29-13-19-4-1-5-20(12-19)14-31-11-9-22-23-7-3-10-30-27(23)32(28(33)24(22)16-31)15-21-6-2-8-26-25(21)17-34-18-35-26/h1-8,10,12H,9,11,14-18H2. The van der Waals surface area contributed by atoms with Crippen LogP contribution in [0.2, 0.25) is 0 Å². The molecule has 6 rings (SSSR count). The Bertz CT molecular complexity index is 1540. The molecule has 7 nitrogen and oxygen atoms in total. The van der Waals surface area contributed by atoms with Crippen molar-refractivity contribution in [2.75, 3.05) is 13.3 Å². The van der Waals surface area contributed by atoms with Crippen molar-refractivity contribution in [2.45, 2.75) is 32.7 Å². The Morgan fingerprint density at radius 2 is 1.94 bits per heavy atom. The van der Waals surface area contributed by atoms with Gasteiger partial charge in [-0.15, -0.1) is 0 Å². The lowest BCUT2D eigenvalue weighted by Gasteiger charge is -2.30. The van der Waals surface area contributed by atoms with Gasteiger partial charge in [0.25, 0.3) is 5.56 Å². The topological polar surface area (TPSA) is 80.4 Å². The van der Waals surface area contributed by atoms with Crippen molar-refractivity contribution in [3.8, 4) is 11.8 Å². The SMILES string of the molecule is N#Cc1cccc(CN2CCc3c(c(=O)n(Cc4cccc5c4COCO5)c4ncccc34)C2)c1. The zero-order valence-electron chi connectivity index (χ0n) is 19.2. The van der Waals surface area contributed by atoms with E-state index in [-0.39, 0.29) is 12.4 Å². The molecule has 0 fully saturated rings. The van der Waals surface area contributed by atoms with Crippen molar-refractivity contribution in [2.24, 2.45) is 0 Å². The minimum Gasteiger partial charge on any atom is -0.467 e. The summed E-state index contributed by atoms with van der Waals surface area (Å²) >= 11 is 0. The van der Waals surface area contributed by atoms with Crippen molar-refractivity contribution in [3.05, 3.63) is 105 Å². The molecule has 0 saturated carbocycles. The summed E-state index contributed by atoms with van der Waals surface area (Å²) < 4.78 is 13.0. The second-order valence-corrected chi connectivity index (χ2v) is 9.00. The fourth-order valence-corrected chi connectivity index (χ4v) is 5.18. The summed E-state index contributed by atoms with van der Waals surface area (Å²) in [5, 5.41) is 10.3. The molecular weight excluding hydrogens is 440 g/mol. The third-order valence-electron chi connectivity index (χ3n) is 6.86. The Kier molecular flexibility index (Phi) is 5.53. The van der Waals surface area contributed by atoms with Crippen LogP contribution in [0.3, 0.4) is 0 Å². The summed E-state index contributed by atoms with van der Waals surface area (Å²) in [7, 11) is 0. The number of nitrogens with zero attached hydrogens (tertiary/aromatic N) is 4. The second-order valence-electron chi connectivity index (χ2n) is 9.00. The van der Waals surface area contributed by atoms with E-state index >= 15 is 0 Å².